The number of nitrogens with zero attached hydrogens (tertiary/aromatic N) is 4. The van der Waals surface area contributed by atoms with E-state index in [-0.39, 0.29) is 5.69 Å². The van der Waals surface area contributed by atoms with Crippen molar-refractivity contribution in [1.29, 1.82) is 0 Å². The molecule has 6 nitrogen and oxygen atoms in total. The largest absolute Gasteiger partial charge is 0.303 e. The predicted octanol–water partition coefficient (Wildman–Crippen LogP) is 3.49. The molecule has 122 valence electrons. The van der Waals surface area contributed by atoms with Gasteiger partial charge in [0.05, 0.1) is 10.6 Å². The summed E-state index contributed by atoms with van der Waals surface area (Å²) < 4.78 is 0. The van der Waals surface area contributed by atoms with E-state index in [1.54, 1.807) is 23.9 Å². The third-order valence-corrected chi connectivity index (χ3v) is 4.44. The second-order valence-corrected chi connectivity index (χ2v) is 6.05. The third-order valence-electron chi connectivity index (χ3n) is 3.54. The van der Waals surface area contributed by atoms with Gasteiger partial charge in [-0.3, -0.25) is 10.1 Å². The standard InChI is InChI=1S/C16H20N4O2S/c1-3-19(4-2)10-11-23-16-9-8-15(17-18-16)13-6-5-7-14(12-13)20(21)22/h5-9,12H,3-4,10-11H2,1-2H3. The smallest absolute Gasteiger partial charge is 0.270 e. The molecule has 0 radical (unpaired) electrons. The van der Waals surface area contributed by atoms with Gasteiger partial charge in [-0.15, -0.1) is 22.0 Å². The van der Waals surface area contributed by atoms with Gasteiger partial charge in [-0.2, -0.15) is 0 Å². The molecule has 0 unspecified atom stereocenters. The fraction of sp³-hybridized carbons (Fsp3) is 0.375. The molecule has 1 aromatic heterocycles. The molecule has 0 aliphatic heterocycles. The first-order valence-electron chi connectivity index (χ1n) is 7.57. The topological polar surface area (TPSA) is 72.2 Å². The minimum Gasteiger partial charge on any atom is -0.303 e. The number of hydrogen-bond donors (Lipinski definition) is 0. The number of aromatic nitrogens is 2. The molecule has 0 N–H and O–H groups in total. The van der Waals surface area contributed by atoms with Crippen molar-refractivity contribution < 1.29 is 4.92 Å². The number of hydrogen-bond acceptors (Lipinski definition) is 6. The highest BCUT2D eigenvalue weighted by molar-refractivity contribution is 7.99. The van der Waals surface area contributed by atoms with E-state index in [0.29, 0.717) is 11.3 Å². The van der Waals surface area contributed by atoms with Gasteiger partial charge in [0.1, 0.15) is 5.03 Å². The molecule has 2 aromatic rings. The van der Waals surface area contributed by atoms with E-state index < -0.39 is 4.92 Å². The van der Waals surface area contributed by atoms with Crippen molar-refractivity contribution in [2.75, 3.05) is 25.4 Å². The molecule has 1 aromatic carbocycles. The third kappa shape index (κ3) is 5.01. The molecule has 0 fully saturated rings. The second-order valence-electron chi connectivity index (χ2n) is 4.94. The van der Waals surface area contributed by atoms with Crippen molar-refractivity contribution in [2.24, 2.45) is 0 Å². The molecular weight excluding hydrogens is 312 g/mol. The van der Waals surface area contributed by atoms with Gasteiger partial charge in [-0.25, -0.2) is 0 Å². The lowest BCUT2D eigenvalue weighted by Gasteiger charge is -2.16. The predicted molar refractivity (Wildman–Crippen MR) is 92.6 cm³/mol. The van der Waals surface area contributed by atoms with Crippen molar-refractivity contribution in [3.8, 4) is 11.3 Å². The molecule has 0 bridgehead atoms. The lowest BCUT2D eigenvalue weighted by atomic mass is 10.1. The highest BCUT2D eigenvalue weighted by Gasteiger charge is 2.08. The maximum absolute atomic E-state index is 10.8. The lowest BCUT2D eigenvalue weighted by Crippen LogP contribution is -2.25. The van der Waals surface area contributed by atoms with Crippen molar-refractivity contribution in [3.63, 3.8) is 0 Å². The fourth-order valence-electron chi connectivity index (χ4n) is 2.15. The van der Waals surface area contributed by atoms with Gasteiger partial charge in [0.2, 0.25) is 0 Å². The molecule has 23 heavy (non-hydrogen) atoms. The van der Waals surface area contributed by atoms with Crippen LogP contribution in [0.15, 0.2) is 41.4 Å². The van der Waals surface area contributed by atoms with Crippen LogP contribution in [-0.4, -0.2) is 45.4 Å². The van der Waals surface area contributed by atoms with E-state index in [0.717, 1.165) is 30.4 Å². The molecule has 0 saturated carbocycles. The zero-order valence-corrected chi connectivity index (χ0v) is 14.1. The van der Waals surface area contributed by atoms with Crippen molar-refractivity contribution in [2.45, 2.75) is 18.9 Å². The summed E-state index contributed by atoms with van der Waals surface area (Å²) in [5, 5.41) is 20.1. The van der Waals surface area contributed by atoms with Crippen LogP contribution in [0.1, 0.15) is 13.8 Å². The van der Waals surface area contributed by atoms with Gasteiger partial charge in [-0.1, -0.05) is 26.0 Å². The Hall–Kier alpha value is -1.99. The Morgan fingerprint density at radius 3 is 2.57 bits per heavy atom. The Labute approximate surface area is 140 Å². The van der Waals surface area contributed by atoms with E-state index >= 15 is 0 Å². The molecule has 7 heteroatoms. The van der Waals surface area contributed by atoms with Crippen LogP contribution in [0, 0.1) is 10.1 Å². The van der Waals surface area contributed by atoms with E-state index in [4.69, 9.17) is 0 Å². The van der Waals surface area contributed by atoms with Crippen LogP contribution in [0.25, 0.3) is 11.3 Å². The van der Waals surface area contributed by atoms with Crippen LogP contribution in [0.3, 0.4) is 0 Å². The summed E-state index contributed by atoms with van der Waals surface area (Å²) in [7, 11) is 0. The number of nitro groups is 1. The number of thioether (sulfide) groups is 1. The van der Waals surface area contributed by atoms with Crippen molar-refractivity contribution in [3.05, 3.63) is 46.5 Å². The summed E-state index contributed by atoms with van der Waals surface area (Å²) in [4.78, 5) is 12.8. The maximum Gasteiger partial charge on any atom is 0.270 e. The average Bonchev–Trinajstić information content (AvgIpc) is 2.59. The average molecular weight is 332 g/mol. The SMILES string of the molecule is CCN(CC)CCSc1ccc(-c2cccc([N+](=O)[O-])c2)nn1. The van der Waals surface area contributed by atoms with E-state index in [1.807, 2.05) is 12.1 Å². The quantitative estimate of drug-likeness (QED) is 0.418. The first kappa shape index (κ1) is 17.4. The van der Waals surface area contributed by atoms with Crippen molar-refractivity contribution >= 4 is 17.4 Å². The lowest BCUT2D eigenvalue weighted by molar-refractivity contribution is -0.384. The first-order valence-corrected chi connectivity index (χ1v) is 8.56. The van der Waals surface area contributed by atoms with Gasteiger partial charge >= 0.3 is 0 Å². The summed E-state index contributed by atoms with van der Waals surface area (Å²) >= 11 is 1.67. The Morgan fingerprint density at radius 1 is 1.17 bits per heavy atom. The molecule has 0 aliphatic carbocycles. The van der Waals surface area contributed by atoms with Crippen LogP contribution >= 0.6 is 11.8 Å². The van der Waals surface area contributed by atoms with E-state index in [9.17, 15) is 10.1 Å². The number of nitro benzene ring substituents is 1. The van der Waals surface area contributed by atoms with Gasteiger partial charge in [0.25, 0.3) is 5.69 Å². The highest BCUT2D eigenvalue weighted by atomic mass is 32.2. The molecule has 0 amide bonds. The molecule has 2 rings (SSSR count). The van der Waals surface area contributed by atoms with Crippen LogP contribution in [0.5, 0.6) is 0 Å². The van der Waals surface area contributed by atoms with Gasteiger partial charge in [0.15, 0.2) is 0 Å². The molecule has 0 aliphatic rings. The summed E-state index contributed by atoms with van der Waals surface area (Å²) in [5.41, 5.74) is 1.40. The van der Waals surface area contributed by atoms with Gasteiger partial charge < -0.3 is 4.90 Å². The Morgan fingerprint density at radius 2 is 1.96 bits per heavy atom. The Bertz CT molecular complexity index is 645. The van der Waals surface area contributed by atoms with Gasteiger partial charge in [-0.05, 0) is 25.2 Å². The van der Waals surface area contributed by atoms with Crippen LogP contribution < -0.4 is 0 Å². The normalized spacial score (nSPS) is 10.9. The fourth-order valence-corrected chi connectivity index (χ4v) is 2.97. The van der Waals surface area contributed by atoms with E-state index in [1.165, 1.54) is 12.1 Å². The number of rotatable bonds is 8. The number of benzene rings is 1. The zero-order valence-electron chi connectivity index (χ0n) is 13.3. The second kappa shape index (κ2) is 8.59. The summed E-state index contributed by atoms with van der Waals surface area (Å²) in [6.07, 6.45) is 0. The van der Waals surface area contributed by atoms with Crippen LogP contribution in [0.2, 0.25) is 0 Å². The molecular formula is C16H20N4O2S. The summed E-state index contributed by atoms with van der Waals surface area (Å²) in [6.45, 7) is 7.43. The molecule has 0 spiro atoms. The molecule has 0 atom stereocenters. The van der Waals surface area contributed by atoms with Gasteiger partial charge in [0, 0.05) is 30.0 Å². The summed E-state index contributed by atoms with van der Waals surface area (Å²) in [5.74, 6) is 0.965. The van der Waals surface area contributed by atoms with Crippen LogP contribution in [0.4, 0.5) is 5.69 Å². The molecule has 0 saturated heterocycles. The minimum atomic E-state index is -0.408. The Balaban J connectivity index is 1.99. The summed E-state index contributed by atoms with van der Waals surface area (Å²) in [6, 6.07) is 10.2. The number of non-ortho nitro benzene ring substituents is 1. The minimum absolute atomic E-state index is 0.0574. The zero-order chi connectivity index (χ0) is 16.7. The molecule has 1 heterocycles. The van der Waals surface area contributed by atoms with Crippen LogP contribution in [-0.2, 0) is 0 Å². The highest BCUT2D eigenvalue weighted by Crippen LogP contribution is 2.23. The maximum atomic E-state index is 10.8. The Kier molecular flexibility index (Phi) is 6.49. The first-order chi connectivity index (χ1) is 11.1. The monoisotopic (exact) mass is 332 g/mol. The van der Waals surface area contributed by atoms with Crippen molar-refractivity contribution in [1.82, 2.24) is 15.1 Å². The van der Waals surface area contributed by atoms with E-state index in [2.05, 4.69) is 28.9 Å².